The molecule has 0 radical (unpaired) electrons. The van der Waals surface area contributed by atoms with Crippen molar-refractivity contribution in [3.05, 3.63) is 35.9 Å². The van der Waals surface area contributed by atoms with Crippen molar-refractivity contribution in [2.75, 3.05) is 39.9 Å². The number of methoxy groups -OCH3 is 1. The molecule has 1 heterocycles. The van der Waals surface area contributed by atoms with Crippen molar-refractivity contribution >= 4 is 5.91 Å². The third-order valence-electron chi connectivity index (χ3n) is 5.17. The van der Waals surface area contributed by atoms with Crippen LogP contribution in [0.1, 0.15) is 24.2 Å². The lowest BCUT2D eigenvalue weighted by Gasteiger charge is -2.30. The molecule has 1 aromatic rings. The lowest BCUT2D eigenvalue weighted by molar-refractivity contribution is 0.0719. The quantitative estimate of drug-likeness (QED) is 0.839. The van der Waals surface area contributed by atoms with Gasteiger partial charge in [0.25, 0.3) is 5.91 Å². The summed E-state index contributed by atoms with van der Waals surface area (Å²) in [6, 6.07) is 9.47. The van der Waals surface area contributed by atoms with Gasteiger partial charge in [0, 0.05) is 44.3 Å². The Morgan fingerprint density at radius 2 is 1.91 bits per heavy atom. The van der Waals surface area contributed by atoms with E-state index in [0.717, 1.165) is 37.1 Å². The minimum atomic E-state index is 0.0497. The number of piperidine rings is 1. The van der Waals surface area contributed by atoms with Gasteiger partial charge in [0.15, 0.2) is 0 Å². The number of hydrogen-bond donors (Lipinski definition) is 1. The Morgan fingerprint density at radius 1 is 1.26 bits per heavy atom. The molecular formula is C19H28N2O2. The predicted octanol–water partition coefficient (Wildman–Crippen LogP) is 2.27. The number of nitrogens with zero attached hydrogens (tertiary/aromatic N) is 1. The maximum Gasteiger partial charge on any atom is 0.251 e. The van der Waals surface area contributed by atoms with Crippen LogP contribution in [0.15, 0.2) is 30.3 Å². The van der Waals surface area contributed by atoms with Crippen LogP contribution < -0.4 is 5.32 Å². The summed E-state index contributed by atoms with van der Waals surface area (Å²) in [6.45, 7) is 9.58. The highest BCUT2D eigenvalue weighted by atomic mass is 16.5. The number of ether oxygens (including phenoxy) is 1. The number of rotatable bonds is 7. The van der Waals surface area contributed by atoms with Gasteiger partial charge in [-0.2, -0.15) is 0 Å². The molecular weight excluding hydrogens is 288 g/mol. The molecule has 1 saturated heterocycles. The van der Waals surface area contributed by atoms with Gasteiger partial charge in [-0.1, -0.05) is 32.0 Å². The first-order valence-corrected chi connectivity index (χ1v) is 8.55. The van der Waals surface area contributed by atoms with Crippen LogP contribution in [0.4, 0.5) is 0 Å². The smallest absolute Gasteiger partial charge is 0.251 e. The molecule has 1 N–H and O–H groups in total. The van der Waals surface area contributed by atoms with Gasteiger partial charge in [0.1, 0.15) is 0 Å². The molecule has 1 amide bonds. The van der Waals surface area contributed by atoms with Crippen molar-refractivity contribution in [1.82, 2.24) is 10.2 Å². The van der Waals surface area contributed by atoms with E-state index in [1.165, 1.54) is 13.1 Å². The summed E-state index contributed by atoms with van der Waals surface area (Å²) in [6.07, 6.45) is 0. The molecule has 2 aliphatic rings. The highest BCUT2D eigenvalue weighted by molar-refractivity contribution is 5.94. The second-order valence-electron chi connectivity index (χ2n) is 7.86. The highest BCUT2D eigenvalue weighted by Crippen LogP contribution is 2.51. The molecule has 1 aliphatic heterocycles. The van der Waals surface area contributed by atoms with E-state index < -0.39 is 0 Å². The fraction of sp³-hybridized carbons (Fsp3) is 0.632. The predicted molar refractivity (Wildman–Crippen MR) is 91.3 cm³/mol. The van der Waals surface area contributed by atoms with Gasteiger partial charge in [0.2, 0.25) is 0 Å². The largest absolute Gasteiger partial charge is 0.384 e. The van der Waals surface area contributed by atoms with Gasteiger partial charge in [-0.05, 0) is 29.9 Å². The van der Waals surface area contributed by atoms with Crippen LogP contribution in [0, 0.1) is 23.2 Å². The van der Waals surface area contributed by atoms with Crippen molar-refractivity contribution in [1.29, 1.82) is 0 Å². The average Bonchev–Trinajstić information content (AvgIpc) is 2.97. The summed E-state index contributed by atoms with van der Waals surface area (Å²) < 4.78 is 5.31. The van der Waals surface area contributed by atoms with Gasteiger partial charge in [-0.15, -0.1) is 0 Å². The van der Waals surface area contributed by atoms with Gasteiger partial charge in [-0.3, -0.25) is 4.79 Å². The number of amides is 1. The Balaban J connectivity index is 1.40. The summed E-state index contributed by atoms with van der Waals surface area (Å²) >= 11 is 0. The third kappa shape index (κ3) is 3.93. The van der Waals surface area contributed by atoms with Crippen LogP contribution in [0.25, 0.3) is 0 Å². The minimum Gasteiger partial charge on any atom is -0.384 e. The number of fused-ring (bicyclic) bond motifs is 1. The van der Waals surface area contributed by atoms with E-state index >= 15 is 0 Å². The van der Waals surface area contributed by atoms with Crippen LogP contribution in [-0.4, -0.2) is 50.7 Å². The zero-order valence-electron chi connectivity index (χ0n) is 14.4. The number of carbonyl (C=O) groups is 1. The Kier molecular flexibility index (Phi) is 4.74. The van der Waals surface area contributed by atoms with Gasteiger partial charge < -0.3 is 15.0 Å². The summed E-state index contributed by atoms with van der Waals surface area (Å²) in [5.41, 5.74) is 0.962. The van der Waals surface area contributed by atoms with Crippen LogP contribution in [0.5, 0.6) is 0 Å². The first-order chi connectivity index (χ1) is 11.0. The zero-order chi connectivity index (χ0) is 16.4. The second-order valence-corrected chi connectivity index (χ2v) is 7.86. The molecule has 1 saturated carbocycles. The molecule has 4 heteroatoms. The van der Waals surface area contributed by atoms with Crippen molar-refractivity contribution in [3.8, 4) is 0 Å². The topological polar surface area (TPSA) is 41.6 Å². The van der Waals surface area contributed by atoms with Gasteiger partial charge >= 0.3 is 0 Å². The maximum absolute atomic E-state index is 12.1. The monoisotopic (exact) mass is 316 g/mol. The summed E-state index contributed by atoms with van der Waals surface area (Å²) in [5, 5.41) is 3.10. The van der Waals surface area contributed by atoms with Crippen molar-refractivity contribution in [2.45, 2.75) is 13.8 Å². The first-order valence-electron chi connectivity index (χ1n) is 8.55. The zero-order valence-corrected chi connectivity index (χ0v) is 14.4. The molecule has 3 rings (SSSR count). The van der Waals surface area contributed by atoms with E-state index in [1.54, 1.807) is 7.11 Å². The first kappa shape index (κ1) is 16.5. The van der Waals surface area contributed by atoms with Crippen molar-refractivity contribution in [2.24, 2.45) is 23.2 Å². The average molecular weight is 316 g/mol. The number of likely N-dealkylation sites (tertiary alicyclic amines) is 1. The van der Waals surface area contributed by atoms with E-state index in [4.69, 9.17) is 4.74 Å². The molecule has 3 atom stereocenters. The van der Waals surface area contributed by atoms with E-state index in [-0.39, 0.29) is 11.3 Å². The minimum absolute atomic E-state index is 0.0497. The van der Waals surface area contributed by atoms with Crippen LogP contribution in [0.2, 0.25) is 0 Å². The van der Waals surface area contributed by atoms with E-state index in [2.05, 4.69) is 24.1 Å². The van der Waals surface area contributed by atoms with Crippen molar-refractivity contribution in [3.63, 3.8) is 0 Å². The van der Waals surface area contributed by atoms with Crippen LogP contribution in [-0.2, 0) is 4.74 Å². The summed E-state index contributed by atoms with van der Waals surface area (Å²) in [5.74, 6) is 2.26. The Morgan fingerprint density at radius 3 is 2.52 bits per heavy atom. The van der Waals surface area contributed by atoms with Crippen LogP contribution >= 0.6 is 0 Å². The number of benzene rings is 1. The maximum atomic E-state index is 12.1. The molecule has 0 spiro atoms. The molecule has 4 nitrogen and oxygen atoms in total. The summed E-state index contributed by atoms with van der Waals surface area (Å²) in [7, 11) is 1.77. The lowest BCUT2D eigenvalue weighted by atomic mass is 9.94. The molecule has 23 heavy (non-hydrogen) atoms. The van der Waals surface area contributed by atoms with Crippen LogP contribution in [0.3, 0.4) is 0 Å². The third-order valence-corrected chi connectivity index (χ3v) is 5.17. The molecule has 0 aromatic heterocycles. The van der Waals surface area contributed by atoms with E-state index in [9.17, 15) is 4.79 Å². The Labute approximate surface area is 139 Å². The van der Waals surface area contributed by atoms with E-state index in [1.807, 2.05) is 30.3 Å². The molecule has 2 fully saturated rings. The highest BCUT2D eigenvalue weighted by Gasteiger charge is 2.55. The van der Waals surface area contributed by atoms with Crippen molar-refractivity contribution < 1.29 is 9.53 Å². The van der Waals surface area contributed by atoms with Gasteiger partial charge in [-0.25, -0.2) is 0 Å². The Hall–Kier alpha value is -1.39. The lowest BCUT2D eigenvalue weighted by Crippen LogP contribution is -2.38. The fourth-order valence-corrected chi connectivity index (χ4v) is 4.11. The second kappa shape index (κ2) is 6.62. The fourth-order valence-electron chi connectivity index (χ4n) is 4.11. The standard InChI is InChI=1S/C19H28N2O2/c1-19(2,13-23-3)12-21-10-16-15(17(16)11-21)9-20-18(22)14-7-5-4-6-8-14/h4-8,15-17H,9-13H2,1-3H3,(H,20,22)/t15?,16-,17?/m1/s1. The molecule has 0 bridgehead atoms. The van der Waals surface area contributed by atoms with E-state index in [0.29, 0.717) is 5.92 Å². The molecule has 126 valence electrons. The Bertz CT molecular complexity index is 532. The normalized spacial score (nSPS) is 26.8. The number of hydrogen-bond acceptors (Lipinski definition) is 3. The molecule has 1 aromatic carbocycles. The number of nitrogens with one attached hydrogen (secondary N) is 1. The SMILES string of the molecule is COCC(C)(C)CN1CC2C(CNC(=O)c3ccccc3)[C@H]2C1. The van der Waals surface area contributed by atoms with Gasteiger partial charge in [0.05, 0.1) is 6.61 Å². The molecule has 1 aliphatic carbocycles. The summed E-state index contributed by atoms with van der Waals surface area (Å²) in [4.78, 5) is 14.6. The molecule has 2 unspecified atom stereocenters. The number of carbonyl (C=O) groups excluding carboxylic acids is 1.